The first-order chi connectivity index (χ1) is 20.1. The van der Waals surface area contributed by atoms with Crippen molar-refractivity contribution in [2.24, 2.45) is 12.5 Å². The molecule has 3 aliphatic heterocycles. The van der Waals surface area contributed by atoms with E-state index in [2.05, 4.69) is 10.6 Å². The van der Waals surface area contributed by atoms with E-state index >= 15 is 0 Å². The highest BCUT2D eigenvalue weighted by Gasteiger charge is 2.45. The molecule has 2 aromatic heterocycles. The van der Waals surface area contributed by atoms with Gasteiger partial charge in [0.25, 0.3) is 0 Å². The van der Waals surface area contributed by atoms with Crippen LogP contribution >= 0.6 is 0 Å². The second-order valence-corrected chi connectivity index (χ2v) is 13.0. The topological polar surface area (TPSA) is 82.8 Å². The highest BCUT2D eigenvalue weighted by molar-refractivity contribution is 6.47. The van der Waals surface area contributed by atoms with Gasteiger partial charge in [-0.3, -0.25) is 0 Å². The molecule has 1 atom stereocenters. The van der Waals surface area contributed by atoms with Gasteiger partial charge in [-0.15, -0.1) is 0 Å². The minimum absolute atomic E-state index is 0.152. The summed E-state index contributed by atoms with van der Waals surface area (Å²) in [6.07, 6.45) is 5.09. The number of carbonyl (C=O) groups excluding carboxylic acids is 3. The van der Waals surface area contributed by atoms with Crippen molar-refractivity contribution in [3.63, 3.8) is 0 Å². The number of aryl methyl sites for hydroxylation is 2. The molecular formula is C34H35N3O5. The highest BCUT2D eigenvalue weighted by Crippen LogP contribution is 2.48. The molecule has 1 amide bonds. The molecule has 1 spiro atoms. The molecule has 1 unspecified atom stereocenters. The number of esters is 2. The molecule has 216 valence electrons. The Morgan fingerprint density at radius 3 is 2.36 bits per heavy atom. The van der Waals surface area contributed by atoms with Gasteiger partial charge in [-0.05, 0) is 64.0 Å². The Labute approximate surface area is 244 Å². The lowest BCUT2D eigenvalue weighted by Gasteiger charge is -2.45. The predicted octanol–water partition coefficient (Wildman–Crippen LogP) is 6.09. The number of hydrogen-bond acceptors (Lipinski definition) is 5. The van der Waals surface area contributed by atoms with Crippen LogP contribution in [0.1, 0.15) is 56.9 Å². The van der Waals surface area contributed by atoms with Crippen molar-refractivity contribution in [3.8, 4) is 0 Å². The van der Waals surface area contributed by atoms with Crippen LogP contribution in [0.15, 0.2) is 54.7 Å². The first kappa shape index (κ1) is 26.6. The summed E-state index contributed by atoms with van der Waals surface area (Å²) >= 11 is 0. The zero-order valence-electron chi connectivity index (χ0n) is 24.5. The van der Waals surface area contributed by atoms with Gasteiger partial charge in [0.05, 0.1) is 11.1 Å². The van der Waals surface area contributed by atoms with Gasteiger partial charge in [0.15, 0.2) is 0 Å². The Kier molecular flexibility index (Phi) is 5.91. The fraction of sp³-hybridized carbons (Fsp3) is 0.382. The Bertz CT molecular complexity index is 1830. The molecule has 5 heterocycles. The second-order valence-electron chi connectivity index (χ2n) is 13.0. The van der Waals surface area contributed by atoms with E-state index in [0.29, 0.717) is 36.2 Å². The van der Waals surface area contributed by atoms with E-state index in [4.69, 9.17) is 9.47 Å². The van der Waals surface area contributed by atoms with Crippen LogP contribution in [0.25, 0.3) is 33.0 Å². The second kappa shape index (κ2) is 9.34. The highest BCUT2D eigenvalue weighted by atomic mass is 16.6. The molecule has 0 saturated carbocycles. The third-order valence-electron chi connectivity index (χ3n) is 9.06. The number of nitrogens with zero attached hydrogens (tertiary/aromatic N) is 3. The van der Waals surface area contributed by atoms with Crippen molar-refractivity contribution in [1.82, 2.24) is 14.0 Å². The third-order valence-corrected chi connectivity index (χ3v) is 9.06. The average Bonchev–Trinajstić information content (AvgIpc) is 3.55. The molecule has 0 aliphatic carbocycles. The molecule has 1 fully saturated rings. The van der Waals surface area contributed by atoms with Crippen LogP contribution in [-0.2, 0) is 39.1 Å². The van der Waals surface area contributed by atoms with Gasteiger partial charge in [0.1, 0.15) is 5.60 Å². The van der Waals surface area contributed by atoms with Crippen molar-refractivity contribution in [2.45, 2.75) is 58.6 Å². The number of aromatic nitrogens is 2. The van der Waals surface area contributed by atoms with Crippen molar-refractivity contribution < 1.29 is 23.9 Å². The summed E-state index contributed by atoms with van der Waals surface area (Å²) in [5, 5.41) is 1.83. The van der Waals surface area contributed by atoms with Gasteiger partial charge in [-0.2, -0.15) is 0 Å². The quantitative estimate of drug-likeness (QED) is 0.217. The number of piperidine rings is 1. The normalized spacial score (nSPS) is 21.0. The average molecular weight is 566 g/mol. The molecule has 8 nitrogen and oxygen atoms in total. The number of ether oxygens (including phenoxy) is 2. The van der Waals surface area contributed by atoms with Crippen LogP contribution in [0.5, 0.6) is 0 Å². The van der Waals surface area contributed by atoms with Gasteiger partial charge >= 0.3 is 18.0 Å². The lowest BCUT2D eigenvalue weighted by atomic mass is 9.71. The number of para-hydroxylation sites is 2. The number of rotatable bonds is 2. The number of amides is 1. The van der Waals surface area contributed by atoms with E-state index < -0.39 is 17.5 Å². The zero-order valence-corrected chi connectivity index (χ0v) is 24.5. The molecule has 2 aromatic carbocycles. The SMILES string of the molecule is Cn1cc(C2=C(c3c4n(c5ccccc35)CCC3(CCCN(C(=O)OC(C)(C)C)C3)C4)C(=O)OC2=O)c2ccccc21. The molecule has 4 aromatic rings. The maximum Gasteiger partial charge on any atom is 0.410 e. The van der Waals surface area contributed by atoms with Crippen molar-refractivity contribution >= 4 is 51.0 Å². The van der Waals surface area contributed by atoms with E-state index in [1.165, 1.54) is 0 Å². The molecule has 42 heavy (non-hydrogen) atoms. The van der Waals surface area contributed by atoms with E-state index in [0.717, 1.165) is 58.9 Å². The Hall–Kier alpha value is -4.33. The summed E-state index contributed by atoms with van der Waals surface area (Å²) < 4.78 is 15.4. The monoisotopic (exact) mass is 565 g/mol. The molecular weight excluding hydrogens is 530 g/mol. The van der Waals surface area contributed by atoms with Crippen LogP contribution < -0.4 is 0 Å². The molecule has 0 bridgehead atoms. The van der Waals surface area contributed by atoms with Gasteiger partial charge in [-0.25, -0.2) is 14.4 Å². The summed E-state index contributed by atoms with van der Waals surface area (Å²) in [4.78, 5) is 41.9. The van der Waals surface area contributed by atoms with E-state index in [9.17, 15) is 14.4 Å². The lowest BCUT2D eigenvalue weighted by Crippen LogP contribution is -2.50. The number of carbonyl (C=O) groups is 3. The van der Waals surface area contributed by atoms with Gasteiger partial charge < -0.3 is 23.5 Å². The summed E-state index contributed by atoms with van der Waals surface area (Å²) in [5.74, 6) is -1.23. The summed E-state index contributed by atoms with van der Waals surface area (Å²) in [6.45, 7) is 7.70. The molecule has 0 radical (unpaired) electrons. The molecule has 0 N–H and O–H groups in total. The fourth-order valence-corrected chi connectivity index (χ4v) is 7.31. The van der Waals surface area contributed by atoms with Crippen molar-refractivity contribution in [1.29, 1.82) is 0 Å². The minimum atomic E-state index is -0.616. The number of hydrogen-bond donors (Lipinski definition) is 0. The molecule has 7 rings (SSSR count). The van der Waals surface area contributed by atoms with E-state index in [1.807, 2.05) is 85.9 Å². The van der Waals surface area contributed by atoms with E-state index in [1.54, 1.807) is 0 Å². The van der Waals surface area contributed by atoms with Gasteiger partial charge in [0.2, 0.25) is 0 Å². The Morgan fingerprint density at radius 2 is 1.60 bits per heavy atom. The van der Waals surface area contributed by atoms with Gasteiger partial charge in [-0.1, -0.05) is 36.4 Å². The van der Waals surface area contributed by atoms with Crippen molar-refractivity contribution in [2.75, 3.05) is 13.1 Å². The maximum absolute atomic E-state index is 13.6. The number of benzene rings is 2. The smallest absolute Gasteiger partial charge is 0.410 e. The molecule has 3 aliphatic rings. The summed E-state index contributed by atoms with van der Waals surface area (Å²) in [6, 6.07) is 16.0. The standard InChI is InChI=1S/C34H35N3O5/c1-33(2,3)42-32(40)36-16-9-14-34(20-36)15-17-37-25-13-8-6-11-22(25)27(26(37)18-34)29-28(30(38)41-31(29)39)23-19-35(4)24-12-7-5-10-21(23)24/h5-8,10-13,19H,9,14-18,20H2,1-4H3. The predicted molar refractivity (Wildman–Crippen MR) is 161 cm³/mol. The third kappa shape index (κ3) is 4.15. The van der Waals surface area contributed by atoms with Crippen LogP contribution in [0.3, 0.4) is 0 Å². The van der Waals surface area contributed by atoms with Crippen LogP contribution in [-0.4, -0.2) is 50.8 Å². The lowest BCUT2D eigenvalue weighted by molar-refractivity contribution is -0.149. The number of likely N-dealkylation sites (tertiary alicyclic amines) is 1. The first-order valence-electron chi connectivity index (χ1n) is 14.7. The summed E-state index contributed by atoms with van der Waals surface area (Å²) in [7, 11) is 1.94. The summed E-state index contributed by atoms with van der Waals surface area (Å²) in [5.41, 5.74) is 4.43. The minimum Gasteiger partial charge on any atom is -0.444 e. The van der Waals surface area contributed by atoms with Crippen molar-refractivity contribution in [3.05, 3.63) is 71.5 Å². The fourth-order valence-electron chi connectivity index (χ4n) is 7.31. The van der Waals surface area contributed by atoms with E-state index in [-0.39, 0.29) is 11.5 Å². The Balaban J connectivity index is 1.39. The maximum atomic E-state index is 13.6. The number of cyclic esters (lactones) is 2. The van der Waals surface area contributed by atoms with Gasteiger partial charge in [0, 0.05) is 71.5 Å². The Morgan fingerprint density at radius 1 is 0.905 bits per heavy atom. The number of fused-ring (bicyclic) bond motifs is 4. The largest absolute Gasteiger partial charge is 0.444 e. The van der Waals surface area contributed by atoms with Crippen LogP contribution in [0, 0.1) is 5.41 Å². The van der Waals surface area contributed by atoms with Crippen LogP contribution in [0.4, 0.5) is 4.79 Å². The molecule has 1 saturated heterocycles. The first-order valence-corrected chi connectivity index (χ1v) is 14.7. The molecule has 8 heteroatoms. The zero-order chi connectivity index (χ0) is 29.4. The van der Waals surface area contributed by atoms with Crippen LogP contribution in [0.2, 0.25) is 0 Å².